The van der Waals surface area contributed by atoms with Gasteiger partial charge in [0.25, 0.3) is 0 Å². The number of carboxylic acids is 1. The highest BCUT2D eigenvalue weighted by Crippen LogP contribution is 2.11. The average Bonchev–Trinajstić information content (AvgIpc) is 2.42. The van der Waals surface area contributed by atoms with Crippen molar-refractivity contribution < 1.29 is 9.90 Å². The van der Waals surface area contributed by atoms with Gasteiger partial charge in [-0.15, -0.1) is 0 Å². The van der Waals surface area contributed by atoms with E-state index in [1.807, 2.05) is 18.0 Å². The third-order valence-corrected chi connectivity index (χ3v) is 2.36. The van der Waals surface area contributed by atoms with Gasteiger partial charge in [-0.05, 0) is 6.92 Å². The van der Waals surface area contributed by atoms with Crippen molar-refractivity contribution in [3.8, 4) is 0 Å². The van der Waals surface area contributed by atoms with Crippen LogP contribution in [0.3, 0.4) is 0 Å². The minimum absolute atomic E-state index is 0.103. The molecule has 0 saturated carbocycles. The number of imidazole rings is 1. The van der Waals surface area contributed by atoms with Gasteiger partial charge in [0.05, 0.1) is 18.8 Å². The Bertz CT molecular complexity index is 359. The summed E-state index contributed by atoms with van der Waals surface area (Å²) in [6, 6.07) is 0. The van der Waals surface area contributed by atoms with Crippen LogP contribution in [0.4, 0.5) is 0 Å². The SMILES string of the molecule is Cc1cn2c(n1)CN(CC(=O)O)CC2. The summed E-state index contributed by atoms with van der Waals surface area (Å²) in [5.41, 5.74) is 0.997. The van der Waals surface area contributed by atoms with E-state index in [2.05, 4.69) is 9.55 Å². The zero-order valence-corrected chi connectivity index (χ0v) is 8.10. The zero-order valence-electron chi connectivity index (χ0n) is 8.10. The number of carboxylic acid groups (broad SMARTS) is 1. The zero-order chi connectivity index (χ0) is 10.1. The van der Waals surface area contributed by atoms with E-state index in [0.717, 1.165) is 24.6 Å². The standard InChI is InChI=1S/C9H13N3O2/c1-7-4-12-3-2-11(6-9(13)14)5-8(12)10-7/h4H,2-3,5-6H2,1H3,(H,13,14). The number of nitrogens with zero attached hydrogens (tertiary/aromatic N) is 3. The van der Waals surface area contributed by atoms with Crippen molar-refractivity contribution in [1.29, 1.82) is 0 Å². The third-order valence-electron chi connectivity index (χ3n) is 2.36. The Hall–Kier alpha value is -1.36. The number of aromatic nitrogens is 2. The Labute approximate surface area is 82.0 Å². The summed E-state index contributed by atoms with van der Waals surface area (Å²) < 4.78 is 2.09. The molecule has 0 aromatic carbocycles. The predicted molar refractivity (Wildman–Crippen MR) is 49.9 cm³/mol. The van der Waals surface area contributed by atoms with E-state index in [-0.39, 0.29) is 6.54 Å². The van der Waals surface area contributed by atoms with Gasteiger partial charge in [0.1, 0.15) is 5.82 Å². The molecule has 1 aliphatic heterocycles. The van der Waals surface area contributed by atoms with Crippen molar-refractivity contribution in [2.75, 3.05) is 13.1 Å². The molecule has 5 nitrogen and oxygen atoms in total. The smallest absolute Gasteiger partial charge is 0.317 e. The van der Waals surface area contributed by atoms with E-state index in [9.17, 15) is 4.79 Å². The van der Waals surface area contributed by atoms with Crippen molar-refractivity contribution in [3.63, 3.8) is 0 Å². The Morgan fingerprint density at radius 3 is 3.14 bits per heavy atom. The van der Waals surface area contributed by atoms with Crippen LogP contribution < -0.4 is 0 Å². The van der Waals surface area contributed by atoms with Crippen LogP contribution in [0.1, 0.15) is 11.5 Å². The molecule has 0 unspecified atom stereocenters. The maximum atomic E-state index is 10.5. The van der Waals surface area contributed by atoms with Gasteiger partial charge in [0, 0.05) is 19.3 Å². The quantitative estimate of drug-likeness (QED) is 0.726. The normalized spacial score (nSPS) is 16.6. The number of hydrogen-bond donors (Lipinski definition) is 1. The fraction of sp³-hybridized carbons (Fsp3) is 0.556. The number of carbonyl (C=O) groups is 1. The molecular formula is C9H13N3O2. The lowest BCUT2D eigenvalue weighted by Gasteiger charge is -2.25. The maximum Gasteiger partial charge on any atom is 0.317 e. The summed E-state index contributed by atoms with van der Waals surface area (Å²) in [7, 11) is 0. The number of rotatable bonds is 2. The summed E-state index contributed by atoms with van der Waals surface area (Å²) >= 11 is 0. The van der Waals surface area contributed by atoms with Crippen LogP contribution in [0.2, 0.25) is 0 Å². The van der Waals surface area contributed by atoms with Crippen molar-refractivity contribution in [1.82, 2.24) is 14.5 Å². The lowest BCUT2D eigenvalue weighted by molar-refractivity contribution is -0.138. The summed E-state index contributed by atoms with van der Waals surface area (Å²) in [6.07, 6.45) is 2.01. The van der Waals surface area contributed by atoms with E-state index < -0.39 is 5.97 Å². The molecule has 5 heteroatoms. The van der Waals surface area contributed by atoms with Crippen LogP contribution in [0.15, 0.2) is 6.20 Å². The lowest BCUT2D eigenvalue weighted by atomic mass is 10.3. The van der Waals surface area contributed by atoms with Crippen LogP contribution in [-0.2, 0) is 17.9 Å². The van der Waals surface area contributed by atoms with E-state index in [4.69, 9.17) is 5.11 Å². The molecule has 0 saturated heterocycles. The molecule has 1 N–H and O–H groups in total. The third kappa shape index (κ3) is 1.77. The van der Waals surface area contributed by atoms with Gasteiger partial charge in [-0.25, -0.2) is 4.98 Å². The predicted octanol–water partition coefficient (Wildman–Crippen LogP) is 0.0917. The second kappa shape index (κ2) is 3.42. The van der Waals surface area contributed by atoms with Crippen LogP contribution in [0, 0.1) is 6.92 Å². The van der Waals surface area contributed by atoms with Crippen LogP contribution in [0.5, 0.6) is 0 Å². The van der Waals surface area contributed by atoms with Crippen LogP contribution >= 0.6 is 0 Å². The summed E-state index contributed by atoms with van der Waals surface area (Å²) in [6.45, 7) is 4.32. The highest BCUT2D eigenvalue weighted by atomic mass is 16.4. The first-order chi connectivity index (χ1) is 6.65. The molecule has 0 radical (unpaired) electrons. The molecule has 0 spiro atoms. The van der Waals surface area contributed by atoms with Crippen LogP contribution in [0.25, 0.3) is 0 Å². The van der Waals surface area contributed by atoms with Crippen molar-refractivity contribution in [2.45, 2.75) is 20.0 Å². The Balaban J connectivity index is 2.09. The molecule has 0 atom stereocenters. The molecule has 1 aliphatic rings. The van der Waals surface area contributed by atoms with Gasteiger partial charge >= 0.3 is 5.97 Å². The fourth-order valence-corrected chi connectivity index (χ4v) is 1.77. The van der Waals surface area contributed by atoms with Crippen molar-refractivity contribution >= 4 is 5.97 Å². The molecule has 14 heavy (non-hydrogen) atoms. The molecule has 2 heterocycles. The molecule has 1 aromatic heterocycles. The Morgan fingerprint density at radius 2 is 2.43 bits per heavy atom. The Kier molecular flexibility index (Phi) is 2.25. The highest BCUT2D eigenvalue weighted by Gasteiger charge is 2.18. The van der Waals surface area contributed by atoms with Gasteiger partial charge in [0.15, 0.2) is 0 Å². The summed E-state index contributed by atoms with van der Waals surface area (Å²) in [4.78, 5) is 16.7. The van der Waals surface area contributed by atoms with E-state index in [1.54, 1.807) is 0 Å². The topological polar surface area (TPSA) is 58.4 Å². The summed E-state index contributed by atoms with van der Waals surface area (Å²) in [5, 5.41) is 8.65. The van der Waals surface area contributed by atoms with Gasteiger partial charge < -0.3 is 9.67 Å². The summed E-state index contributed by atoms with van der Waals surface area (Å²) in [5.74, 6) is 0.191. The van der Waals surface area contributed by atoms with Crippen molar-refractivity contribution in [2.24, 2.45) is 0 Å². The van der Waals surface area contributed by atoms with E-state index in [1.165, 1.54) is 0 Å². The first-order valence-electron chi connectivity index (χ1n) is 4.62. The molecule has 0 amide bonds. The fourth-order valence-electron chi connectivity index (χ4n) is 1.77. The second-order valence-electron chi connectivity index (χ2n) is 3.60. The molecule has 0 bridgehead atoms. The number of aryl methyl sites for hydroxylation is 1. The first kappa shape index (κ1) is 9.21. The van der Waals surface area contributed by atoms with Crippen molar-refractivity contribution in [3.05, 3.63) is 17.7 Å². The number of hydrogen-bond acceptors (Lipinski definition) is 3. The molecule has 0 aliphatic carbocycles. The van der Waals surface area contributed by atoms with E-state index in [0.29, 0.717) is 6.54 Å². The average molecular weight is 195 g/mol. The largest absolute Gasteiger partial charge is 0.480 e. The highest BCUT2D eigenvalue weighted by molar-refractivity contribution is 5.69. The van der Waals surface area contributed by atoms with Gasteiger partial charge in [-0.1, -0.05) is 0 Å². The van der Waals surface area contributed by atoms with Gasteiger partial charge in [-0.2, -0.15) is 0 Å². The lowest BCUT2D eigenvalue weighted by Crippen LogP contribution is -2.37. The molecule has 2 rings (SSSR count). The van der Waals surface area contributed by atoms with Gasteiger partial charge in [-0.3, -0.25) is 9.69 Å². The van der Waals surface area contributed by atoms with Crippen LogP contribution in [-0.4, -0.2) is 38.6 Å². The number of aliphatic carboxylic acids is 1. The number of fused-ring (bicyclic) bond motifs is 1. The van der Waals surface area contributed by atoms with E-state index >= 15 is 0 Å². The minimum atomic E-state index is -0.776. The molecule has 1 aromatic rings. The van der Waals surface area contributed by atoms with Gasteiger partial charge in [0.2, 0.25) is 0 Å². The molecule has 0 fully saturated rings. The first-order valence-corrected chi connectivity index (χ1v) is 4.62. The maximum absolute atomic E-state index is 10.5. The molecule has 76 valence electrons. The minimum Gasteiger partial charge on any atom is -0.480 e. The molecular weight excluding hydrogens is 182 g/mol. The second-order valence-corrected chi connectivity index (χ2v) is 3.60. The monoisotopic (exact) mass is 195 g/mol. The Morgan fingerprint density at radius 1 is 1.64 bits per heavy atom.